The predicted molar refractivity (Wildman–Crippen MR) is 97.1 cm³/mol. The number of carbonyl (C=O) groups excluding carboxylic acids is 1. The molecule has 4 heteroatoms. The van der Waals surface area contributed by atoms with Gasteiger partial charge in [-0.05, 0) is 29.9 Å². The van der Waals surface area contributed by atoms with E-state index < -0.39 is 0 Å². The van der Waals surface area contributed by atoms with Crippen LogP contribution in [0.25, 0.3) is 0 Å². The first kappa shape index (κ1) is 17.6. The Kier molecular flexibility index (Phi) is 6.20. The zero-order valence-corrected chi connectivity index (χ0v) is 14.4. The van der Waals surface area contributed by atoms with E-state index in [2.05, 4.69) is 0 Å². The molecule has 1 heterocycles. The van der Waals surface area contributed by atoms with Crippen molar-refractivity contribution in [2.75, 3.05) is 26.3 Å². The first-order valence-corrected chi connectivity index (χ1v) is 8.88. The van der Waals surface area contributed by atoms with Gasteiger partial charge in [0, 0.05) is 19.7 Å². The van der Waals surface area contributed by atoms with Crippen LogP contribution in [0.3, 0.4) is 0 Å². The molecule has 0 saturated carbocycles. The highest BCUT2D eigenvalue weighted by molar-refractivity contribution is 5.77. The van der Waals surface area contributed by atoms with Gasteiger partial charge in [-0.25, -0.2) is 0 Å². The molecular weight excluding hydrogens is 314 g/mol. The molecule has 4 nitrogen and oxygen atoms in total. The van der Waals surface area contributed by atoms with Crippen LogP contribution in [0.1, 0.15) is 30.1 Å². The van der Waals surface area contributed by atoms with Crippen LogP contribution in [0, 0.1) is 5.92 Å². The highest BCUT2D eigenvalue weighted by Crippen LogP contribution is 2.26. The number of hydrogen-bond acceptors (Lipinski definition) is 3. The summed E-state index contributed by atoms with van der Waals surface area (Å²) < 4.78 is 6.04. The van der Waals surface area contributed by atoms with E-state index in [9.17, 15) is 9.90 Å². The Labute approximate surface area is 149 Å². The third-order valence-electron chi connectivity index (χ3n) is 4.71. The minimum Gasteiger partial charge on any atom is -0.396 e. The molecule has 0 spiro atoms. The zero-order valence-electron chi connectivity index (χ0n) is 14.4. The van der Waals surface area contributed by atoms with Gasteiger partial charge in [0.25, 0.3) is 0 Å². The molecule has 1 aliphatic heterocycles. The van der Waals surface area contributed by atoms with E-state index in [1.807, 2.05) is 65.6 Å². The van der Waals surface area contributed by atoms with E-state index in [0.29, 0.717) is 6.54 Å². The topological polar surface area (TPSA) is 49.8 Å². The molecule has 1 atom stereocenters. The second kappa shape index (κ2) is 8.79. The van der Waals surface area contributed by atoms with Crippen LogP contribution in [0.4, 0.5) is 0 Å². The molecule has 1 saturated heterocycles. The van der Waals surface area contributed by atoms with Crippen LogP contribution in [-0.4, -0.2) is 42.2 Å². The van der Waals surface area contributed by atoms with Gasteiger partial charge in [0.15, 0.2) is 0 Å². The van der Waals surface area contributed by atoms with Crippen LogP contribution in [0.2, 0.25) is 0 Å². The van der Waals surface area contributed by atoms with Gasteiger partial charge in [-0.1, -0.05) is 60.7 Å². The Balaban J connectivity index is 1.68. The van der Waals surface area contributed by atoms with E-state index in [4.69, 9.17) is 4.74 Å². The summed E-state index contributed by atoms with van der Waals surface area (Å²) in [6, 6.07) is 19.9. The van der Waals surface area contributed by atoms with Gasteiger partial charge in [-0.3, -0.25) is 4.79 Å². The summed E-state index contributed by atoms with van der Waals surface area (Å²) in [5, 5.41) is 9.34. The second-order valence-electron chi connectivity index (χ2n) is 6.54. The van der Waals surface area contributed by atoms with Crippen LogP contribution in [0.5, 0.6) is 0 Å². The van der Waals surface area contributed by atoms with Crippen molar-refractivity contribution in [2.45, 2.75) is 18.9 Å². The molecule has 1 fully saturated rings. The first-order chi connectivity index (χ1) is 12.3. The Bertz CT molecular complexity index is 620. The summed E-state index contributed by atoms with van der Waals surface area (Å²) in [7, 11) is 0. The second-order valence-corrected chi connectivity index (χ2v) is 6.54. The fraction of sp³-hybridized carbons (Fsp3) is 0.381. The van der Waals surface area contributed by atoms with Crippen molar-refractivity contribution in [3.05, 3.63) is 71.8 Å². The number of hydrogen-bond donors (Lipinski definition) is 1. The van der Waals surface area contributed by atoms with E-state index in [0.717, 1.165) is 30.5 Å². The van der Waals surface area contributed by atoms with E-state index >= 15 is 0 Å². The number of aliphatic hydroxyl groups excluding tert-OH is 1. The molecule has 1 unspecified atom stereocenters. The highest BCUT2D eigenvalue weighted by Gasteiger charge is 2.24. The van der Waals surface area contributed by atoms with E-state index in [1.54, 1.807) is 0 Å². The predicted octanol–water partition coefficient (Wildman–Crippen LogP) is 3.02. The van der Waals surface area contributed by atoms with Crippen molar-refractivity contribution >= 4 is 5.91 Å². The molecule has 3 rings (SSSR count). The summed E-state index contributed by atoms with van der Waals surface area (Å²) in [6.45, 7) is 1.56. The normalized spacial score (nSPS) is 17.7. The lowest BCUT2D eigenvalue weighted by Crippen LogP contribution is -2.42. The number of nitrogens with zero attached hydrogens (tertiary/aromatic N) is 1. The summed E-state index contributed by atoms with van der Waals surface area (Å²) in [5.41, 5.74) is 2.07. The lowest BCUT2D eigenvalue weighted by atomic mass is 9.99. The number of amides is 1. The van der Waals surface area contributed by atoms with Gasteiger partial charge in [-0.15, -0.1) is 0 Å². The van der Waals surface area contributed by atoms with E-state index in [-0.39, 0.29) is 31.1 Å². The average molecular weight is 339 g/mol. The van der Waals surface area contributed by atoms with Crippen LogP contribution in [-0.2, 0) is 9.53 Å². The van der Waals surface area contributed by atoms with Crippen LogP contribution in [0.15, 0.2) is 60.7 Å². The fourth-order valence-electron chi connectivity index (χ4n) is 3.33. The minimum atomic E-state index is -0.259. The Morgan fingerprint density at radius 3 is 2.24 bits per heavy atom. The van der Waals surface area contributed by atoms with Gasteiger partial charge in [0.05, 0.1) is 0 Å². The Morgan fingerprint density at radius 2 is 1.68 bits per heavy atom. The van der Waals surface area contributed by atoms with Crippen LogP contribution >= 0.6 is 0 Å². The standard InChI is InChI=1S/C21H25NO3/c23-15-17-8-7-13-22(14-17)20(24)16-25-21(18-9-3-1-4-10-18)19-11-5-2-6-12-19/h1-6,9-12,17,21,23H,7-8,13-16H2. The number of piperidine rings is 1. The largest absolute Gasteiger partial charge is 0.396 e. The number of aliphatic hydroxyl groups is 1. The number of carbonyl (C=O) groups is 1. The summed E-state index contributed by atoms with van der Waals surface area (Å²) in [5.74, 6) is 0.187. The number of likely N-dealkylation sites (tertiary alicyclic amines) is 1. The fourth-order valence-corrected chi connectivity index (χ4v) is 3.33. The quantitative estimate of drug-likeness (QED) is 0.880. The number of ether oxygens (including phenoxy) is 1. The molecule has 25 heavy (non-hydrogen) atoms. The van der Waals surface area contributed by atoms with Crippen molar-refractivity contribution in [2.24, 2.45) is 5.92 Å². The average Bonchev–Trinajstić information content (AvgIpc) is 2.69. The van der Waals surface area contributed by atoms with Crippen molar-refractivity contribution < 1.29 is 14.6 Å². The number of rotatable bonds is 6. The monoisotopic (exact) mass is 339 g/mol. The van der Waals surface area contributed by atoms with E-state index in [1.165, 1.54) is 0 Å². The molecule has 2 aromatic carbocycles. The van der Waals surface area contributed by atoms with Crippen molar-refractivity contribution in [1.82, 2.24) is 4.90 Å². The van der Waals surface area contributed by atoms with Crippen molar-refractivity contribution in [3.63, 3.8) is 0 Å². The summed E-state index contributed by atoms with van der Waals surface area (Å²) >= 11 is 0. The third-order valence-corrected chi connectivity index (χ3v) is 4.71. The van der Waals surface area contributed by atoms with Crippen LogP contribution < -0.4 is 0 Å². The molecule has 0 bridgehead atoms. The molecule has 1 N–H and O–H groups in total. The lowest BCUT2D eigenvalue weighted by molar-refractivity contribution is -0.139. The molecule has 0 aliphatic carbocycles. The maximum atomic E-state index is 12.5. The smallest absolute Gasteiger partial charge is 0.248 e. The zero-order chi connectivity index (χ0) is 17.5. The Morgan fingerprint density at radius 1 is 1.08 bits per heavy atom. The summed E-state index contributed by atoms with van der Waals surface area (Å²) in [6.07, 6.45) is 1.67. The molecule has 1 amide bonds. The maximum Gasteiger partial charge on any atom is 0.248 e. The maximum absolute atomic E-state index is 12.5. The van der Waals surface area contributed by atoms with Gasteiger partial charge in [0.2, 0.25) is 5.91 Å². The van der Waals surface area contributed by atoms with Crippen molar-refractivity contribution in [1.29, 1.82) is 0 Å². The van der Waals surface area contributed by atoms with Gasteiger partial charge in [0.1, 0.15) is 12.7 Å². The molecule has 1 aliphatic rings. The summed E-state index contributed by atoms with van der Waals surface area (Å²) in [4.78, 5) is 14.4. The molecule has 0 radical (unpaired) electrons. The molecule has 132 valence electrons. The molecule has 2 aromatic rings. The molecule has 0 aromatic heterocycles. The first-order valence-electron chi connectivity index (χ1n) is 8.88. The lowest BCUT2D eigenvalue weighted by Gasteiger charge is -2.32. The van der Waals surface area contributed by atoms with Gasteiger partial charge < -0.3 is 14.7 Å². The third kappa shape index (κ3) is 4.68. The van der Waals surface area contributed by atoms with Gasteiger partial charge in [-0.2, -0.15) is 0 Å². The highest BCUT2D eigenvalue weighted by atomic mass is 16.5. The van der Waals surface area contributed by atoms with Gasteiger partial charge >= 0.3 is 0 Å². The minimum absolute atomic E-state index is 0.00462. The Hall–Kier alpha value is -2.17. The molecular formula is C21H25NO3. The number of benzene rings is 2. The SMILES string of the molecule is O=C(COC(c1ccccc1)c1ccccc1)N1CCCC(CO)C1. The van der Waals surface area contributed by atoms with Crippen molar-refractivity contribution in [3.8, 4) is 0 Å².